The van der Waals surface area contributed by atoms with Crippen molar-refractivity contribution in [3.63, 3.8) is 0 Å². The van der Waals surface area contributed by atoms with Gasteiger partial charge < -0.3 is 30.0 Å². The summed E-state index contributed by atoms with van der Waals surface area (Å²) in [6.07, 6.45) is 6.23. The SMILES string of the molecule is CCOc1cnc(C(=O)O)cn1.CCc1nc(C(=O)Nc2ccc(CC[C@H]3COC(N)=N3)cc2)co1. The summed E-state index contributed by atoms with van der Waals surface area (Å²) in [7, 11) is 0. The van der Waals surface area contributed by atoms with Gasteiger partial charge in [-0.15, -0.1) is 0 Å². The highest BCUT2D eigenvalue weighted by Gasteiger charge is 2.16. The maximum atomic E-state index is 12.1. The normalized spacial score (nSPS) is 14.2. The average molecular weight is 497 g/mol. The van der Waals surface area contributed by atoms with Crippen molar-refractivity contribution < 1.29 is 28.6 Å². The summed E-state index contributed by atoms with van der Waals surface area (Å²) in [5, 5.41) is 11.3. The highest BCUT2D eigenvalue weighted by atomic mass is 16.5. The molecule has 190 valence electrons. The molecule has 1 aromatic carbocycles. The van der Waals surface area contributed by atoms with Crippen LogP contribution in [0.1, 0.15) is 52.7 Å². The van der Waals surface area contributed by atoms with Gasteiger partial charge in [0.1, 0.15) is 12.9 Å². The Morgan fingerprint density at radius 2 is 1.94 bits per heavy atom. The lowest BCUT2D eigenvalue weighted by atomic mass is 10.1. The molecule has 0 saturated heterocycles. The lowest BCUT2D eigenvalue weighted by Crippen LogP contribution is -2.12. The smallest absolute Gasteiger partial charge is 0.356 e. The van der Waals surface area contributed by atoms with E-state index < -0.39 is 5.97 Å². The zero-order chi connectivity index (χ0) is 25.9. The fraction of sp³-hybridized carbons (Fsp3) is 0.333. The molecule has 12 nitrogen and oxygen atoms in total. The van der Waals surface area contributed by atoms with E-state index in [1.165, 1.54) is 18.0 Å². The Morgan fingerprint density at radius 3 is 2.50 bits per heavy atom. The molecular formula is C24H28N6O6. The number of nitrogens with one attached hydrogen (secondary N) is 1. The van der Waals surface area contributed by atoms with Crippen molar-refractivity contribution >= 4 is 23.6 Å². The fourth-order valence-corrected chi connectivity index (χ4v) is 3.09. The number of amides is 1. The molecule has 4 N–H and O–H groups in total. The average Bonchev–Trinajstić information content (AvgIpc) is 3.53. The summed E-state index contributed by atoms with van der Waals surface area (Å²) >= 11 is 0. The van der Waals surface area contributed by atoms with E-state index in [4.69, 9.17) is 24.7 Å². The Balaban J connectivity index is 0.000000253. The Hall–Kier alpha value is -4.48. The van der Waals surface area contributed by atoms with Crippen LogP contribution in [0.15, 0.2) is 52.3 Å². The van der Waals surface area contributed by atoms with Gasteiger partial charge in [-0.3, -0.25) is 4.79 Å². The number of oxazole rings is 1. The number of aromatic nitrogens is 3. The molecule has 0 spiro atoms. The zero-order valence-corrected chi connectivity index (χ0v) is 20.0. The number of hydrogen-bond acceptors (Lipinski definition) is 10. The summed E-state index contributed by atoms with van der Waals surface area (Å²) < 4.78 is 15.3. The molecule has 0 aliphatic carbocycles. The van der Waals surface area contributed by atoms with Crippen LogP contribution in [-0.2, 0) is 17.6 Å². The van der Waals surface area contributed by atoms with E-state index in [0.29, 0.717) is 31.4 Å². The van der Waals surface area contributed by atoms with E-state index in [2.05, 4.69) is 25.3 Å². The molecular weight excluding hydrogens is 468 g/mol. The van der Waals surface area contributed by atoms with Crippen molar-refractivity contribution in [2.45, 2.75) is 39.2 Å². The Kier molecular flexibility index (Phi) is 9.32. The molecule has 2 aromatic heterocycles. The first-order valence-corrected chi connectivity index (χ1v) is 11.4. The number of anilines is 1. The lowest BCUT2D eigenvalue weighted by molar-refractivity contribution is 0.0689. The van der Waals surface area contributed by atoms with Gasteiger partial charge >= 0.3 is 5.97 Å². The van der Waals surface area contributed by atoms with Crippen LogP contribution in [0.2, 0.25) is 0 Å². The largest absolute Gasteiger partial charge is 0.477 e. The molecule has 1 aliphatic rings. The molecule has 1 atom stereocenters. The second-order valence-electron chi connectivity index (χ2n) is 7.58. The number of carboxylic acid groups (broad SMARTS) is 1. The molecule has 0 fully saturated rings. The van der Waals surface area contributed by atoms with Gasteiger partial charge in [-0.05, 0) is 37.5 Å². The number of aliphatic imine (C=N–C) groups is 1. The van der Waals surface area contributed by atoms with Gasteiger partial charge in [0, 0.05) is 12.1 Å². The van der Waals surface area contributed by atoms with Gasteiger partial charge in [0.25, 0.3) is 11.9 Å². The van der Waals surface area contributed by atoms with Gasteiger partial charge in [-0.25, -0.2) is 24.7 Å². The second-order valence-corrected chi connectivity index (χ2v) is 7.58. The number of ether oxygens (including phenoxy) is 2. The Bertz CT molecular complexity index is 1180. The number of aryl methyl sites for hydroxylation is 2. The monoisotopic (exact) mass is 496 g/mol. The minimum Gasteiger partial charge on any atom is -0.477 e. The van der Waals surface area contributed by atoms with Crippen LogP contribution in [0, 0.1) is 0 Å². The van der Waals surface area contributed by atoms with Gasteiger partial charge in [0.05, 0.1) is 25.0 Å². The van der Waals surface area contributed by atoms with Gasteiger partial charge in [0.2, 0.25) is 5.88 Å². The predicted octanol–water partition coefficient (Wildman–Crippen LogP) is 2.71. The first-order chi connectivity index (χ1) is 17.4. The topological polar surface area (TPSA) is 175 Å². The van der Waals surface area contributed by atoms with Gasteiger partial charge in [-0.1, -0.05) is 19.1 Å². The van der Waals surface area contributed by atoms with Crippen molar-refractivity contribution in [3.8, 4) is 5.88 Å². The van der Waals surface area contributed by atoms with Crippen LogP contribution < -0.4 is 15.8 Å². The standard InChI is InChI=1S/C17H20N4O3.C7H8N2O3/c1-2-15-21-14(10-23-15)16(22)19-12-6-3-11(4-7-12)5-8-13-9-24-17(18)20-13;1-2-12-6-4-8-5(3-9-6)7(10)11/h3-4,6-7,10,13H,2,5,8-9H2,1H3,(H2,18,20)(H,19,22);3-4H,2H2,1H3,(H,10,11)/t13-;/m0./s1. The van der Waals surface area contributed by atoms with E-state index in [0.717, 1.165) is 24.7 Å². The molecule has 0 saturated carbocycles. The number of carboxylic acids is 1. The second kappa shape index (κ2) is 12.8. The van der Waals surface area contributed by atoms with Crippen molar-refractivity contribution in [2.24, 2.45) is 10.7 Å². The van der Waals surface area contributed by atoms with Crippen molar-refractivity contribution in [3.05, 3.63) is 65.8 Å². The number of amidine groups is 1. The van der Waals surface area contributed by atoms with Crippen LogP contribution in [0.5, 0.6) is 5.88 Å². The number of carbonyl (C=O) groups excluding carboxylic acids is 1. The molecule has 0 radical (unpaired) electrons. The molecule has 0 bridgehead atoms. The number of carbonyl (C=O) groups is 2. The van der Waals surface area contributed by atoms with E-state index in [9.17, 15) is 9.59 Å². The Labute approximate surface area is 207 Å². The van der Waals surface area contributed by atoms with E-state index in [1.54, 1.807) is 0 Å². The summed E-state index contributed by atoms with van der Waals surface area (Å²) in [5.74, 6) is -0.484. The van der Waals surface area contributed by atoms with Crippen LogP contribution in [0.3, 0.4) is 0 Å². The summed E-state index contributed by atoms with van der Waals surface area (Å²) in [4.78, 5) is 38.1. The highest BCUT2D eigenvalue weighted by molar-refractivity contribution is 6.02. The first kappa shape index (κ1) is 26.1. The maximum absolute atomic E-state index is 12.1. The lowest BCUT2D eigenvalue weighted by Gasteiger charge is -2.07. The molecule has 4 rings (SSSR count). The van der Waals surface area contributed by atoms with Crippen molar-refractivity contribution in [1.82, 2.24) is 15.0 Å². The summed E-state index contributed by atoms with van der Waals surface area (Å²) in [6.45, 7) is 4.77. The number of nitrogens with zero attached hydrogens (tertiary/aromatic N) is 4. The zero-order valence-electron chi connectivity index (χ0n) is 20.0. The summed E-state index contributed by atoms with van der Waals surface area (Å²) in [5.41, 5.74) is 7.58. The molecule has 0 unspecified atom stereocenters. The van der Waals surface area contributed by atoms with Crippen LogP contribution in [0.25, 0.3) is 0 Å². The van der Waals surface area contributed by atoms with E-state index in [1.807, 2.05) is 38.1 Å². The number of aromatic carboxylic acids is 1. The van der Waals surface area contributed by atoms with E-state index >= 15 is 0 Å². The summed E-state index contributed by atoms with van der Waals surface area (Å²) in [6, 6.07) is 8.12. The van der Waals surface area contributed by atoms with Crippen LogP contribution in [0.4, 0.5) is 5.69 Å². The minimum absolute atomic E-state index is 0.0848. The first-order valence-electron chi connectivity index (χ1n) is 11.4. The highest BCUT2D eigenvalue weighted by Crippen LogP contribution is 2.15. The van der Waals surface area contributed by atoms with Crippen molar-refractivity contribution in [2.75, 3.05) is 18.5 Å². The predicted molar refractivity (Wildman–Crippen MR) is 130 cm³/mol. The third kappa shape index (κ3) is 7.79. The third-order valence-electron chi connectivity index (χ3n) is 4.94. The number of benzene rings is 1. The number of rotatable bonds is 9. The van der Waals surface area contributed by atoms with Gasteiger partial charge in [-0.2, -0.15) is 0 Å². The number of hydrogen-bond donors (Lipinski definition) is 3. The molecule has 3 heterocycles. The van der Waals surface area contributed by atoms with Gasteiger partial charge in [0.15, 0.2) is 17.3 Å². The quantitative estimate of drug-likeness (QED) is 0.399. The molecule has 3 aromatic rings. The minimum atomic E-state index is -1.09. The number of nitrogens with two attached hydrogens (primary N) is 1. The fourth-order valence-electron chi connectivity index (χ4n) is 3.09. The van der Waals surface area contributed by atoms with Crippen LogP contribution in [-0.4, -0.2) is 57.2 Å². The van der Waals surface area contributed by atoms with Crippen LogP contribution >= 0.6 is 0 Å². The third-order valence-corrected chi connectivity index (χ3v) is 4.94. The molecule has 36 heavy (non-hydrogen) atoms. The molecule has 1 amide bonds. The molecule has 12 heteroatoms. The van der Waals surface area contributed by atoms with Crippen molar-refractivity contribution in [1.29, 1.82) is 0 Å². The Morgan fingerprint density at radius 1 is 1.17 bits per heavy atom. The molecule has 1 aliphatic heterocycles. The van der Waals surface area contributed by atoms with E-state index in [-0.39, 0.29) is 29.4 Å². The maximum Gasteiger partial charge on any atom is 0.356 e.